The number of benzene rings is 3. The number of hydrogen-bond donors (Lipinski definition) is 2. The summed E-state index contributed by atoms with van der Waals surface area (Å²) in [5.74, 6) is -3.67. The number of aliphatic carboxylic acids is 2. The van der Waals surface area contributed by atoms with Crippen molar-refractivity contribution in [1.29, 1.82) is 0 Å². The molecular formula is C28H34O4. The lowest BCUT2D eigenvalue weighted by Crippen LogP contribution is -2.23. The Balaban J connectivity index is 0.000000183. The highest BCUT2D eigenvalue weighted by Crippen LogP contribution is 2.51. The van der Waals surface area contributed by atoms with Gasteiger partial charge in [0.2, 0.25) is 0 Å². The first-order valence-electron chi connectivity index (χ1n) is 11.9. The van der Waals surface area contributed by atoms with E-state index in [0.717, 1.165) is 12.8 Å². The van der Waals surface area contributed by atoms with Crippen molar-refractivity contribution in [2.45, 2.75) is 71.1 Å². The lowest BCUT2D eigenvalue weighted by Gasteiger charge is -2.06. The predicted molar refractivity (Wildman–Crippen MR) is 131 cm³/mol. The summed E-state index contributed by atoms with van der Waals surface area (Å²) in [5, 5.41) is 23.0. The van der Waals surface area contributed by atoms with Crippen LogP contribution in [0.2, 0.25) is 0 Å². The van der Waals surface area contributed by atoms with E-state index in [1.54, 1.807) is 0 Å². The molecule has 170 valence electrons. The van der Waals surface area contributed by atoms with Crippen LogP contribution in [0.15, 0.2) is 48.5 Å². The summed E-state index contributed by atoms with van der Waals surface area (Å²) in [5.41, 5.74) is 2.92. The number of carboxylic acids is 2. The first-order valence-corrected chi connectivity index (χ1v) is 11.9. The van der Waals surface area contributed by atoms with Gasteiger partial charge in [-0.25, -0.2) is 0 Å². The first-order chi connectivity index (χ1) is 15.5. The molecule has 0 heterocycles. The van der Waals surface area contributed by atoms with E-state index in [-0.39, 0.29) is 6.42 Å². The van der Waals surface area contributed by atoms with Crippen LogP contribution in [0.1, 0.15) is 71.1 Å². The van der Waals surface area contributed by atoms with E-state index in [4.69, 9.17) is 10.2 Å². The number of unbranched alkanes of at least 4 members (excludes halogenated alkanes) is 8. The second-order valence-electron chi connectivity index (χ2n) is 8.72. The molecule has 0 saturated heterocycles. The van der Waals surface area contributed by atoms with Crippen LogP contribution in [0.4, 0.5) is 0 Å². The molecule has 4 heteroatoms. The van der Waals surface area contributed by atoms with E-state index in [1.165, 1.54) is 71.2 Å². The van der Waals surface area contributed by atoms with Crippen LogP contribution in [-0.2, 0) is 9.59 Å². The summed E-state index contributed by atoms with van der Waals surface area (Å²) < 4.78 is 0. The number of fused-ring (bicyclic) bond motifs is 3. The average molecular weight is 435 g/mol. The van der Waals surface area contributed by atoms with E-state index in [0.29, 0.717) is 6.42 Å². The molecule has 0 atom stereocenters. The van der Waals surface area contributed by atoms with Gasteiger partial charge in [0.15, 0.2) is 5.92 Å². The van der Waals surface area contributed by atoms with E-state index in [1.807, 2.05) is 0 Å². The largest absolute Gasteiger partial charge is 0.481 e. The topological polar surface area (TPSA) is 74.6 Å². The van der Waals surface area contributed by atoms with Gasteiger partial charge >= 0.3 is 11.9 Å². The molecular weight excluding hydrogens is 400 g/mol. The molecule has 0 spiro atoms. The Morgan fingerprint density at radius 3 is 2.00 bits per heavy atom. The summed E-state index contributed by atoms with van der Waals surface area (Å²) in [7, 11) is 0. The summed E-state index contributed by atoms with van der Waals surface area (Å²) in [6, 6.07) is 17.5. The number of carbonyl (C=O) groups is 2. The Kier molecular flexibility index (Phi) is 8.66. The van der Waals surface area contributed by atoms with Crippen LogP contribution < -0.4 is 0 Å². The molecule has 0 aliphatic heterocycles. The molecule has 1 aliphatic carbocycles. The zero-order valence-corrected chi connectivity index (χ0v) is 19.0. The third-order valence-corrected chi connectivity index (χ3v) is 6.29. The van der Waals surface area contributed by atoms with Gasteiger partial charge in [-0.05, 0) is 45.2 Å². The molecule has 0 fully saturated rings. The van der Waals surface area contributed by atoms with E-state index in [9.17, 15) is 9.59 Å². The molecule has 0 aromatic heterocycles. The second kappa shape index (κ2) is 11.7. The average Bonchev–Trinajstić information content (AvgIpc) is 3.51. The number of hydrogen-bond acceptors (Lipinski definition) is 2. The van der Waals surface area contributed by atoms with Crippen molar-refractivity contribution < 1.29 is 19.8 Å². The molecule has 0 saturated carbocycles. The highest BCUT2D eigenvalue weighted by Gasteiger charge is 2.25. The van der Waals surface area contributed by atoms with Crippen LogP contribution in [-0.4, -0.2) is 22.2 Å². The fourth-order valence-corrected chi connectivity index (χ4v) is 4.43. The third kappa shape index (κ3) is 6.09. The Morgan fingerprint density at radius 1 is 0.750 bits per heavy atom. The van der Waals surface area contributed by atoms with Gasteiger partial charge in [0.25, 0.3) is 0 Å². The summed E-state index contributed by atoms with van der Waals surface area (Å²) in [6.07, 6.45) is 10.5. The molecule has 0 bridgehead atoms. The molecule has 0 radical (unpaired) electrons. The monoisotopic (exact) mass is 434 g/mol. The summed E-state index contributed by atoms with van der Waals surface area (Å²) in [6.45, 7) is 2.20. The minimum absolute atomic E-state index is 0.250. The zero-order chi connectivity index (χ0) is 22.9. The molecule has 2 N–H and O–H groups in total. The normalized spacial score (nSPS) is 11.4. The highest BCUT2D eigenvalue weighted by atomic mass is 16.4. The molecule has 0 amide bonds. The summed E-state index contributed by atoms with van der Waals surface area (Å²) in [4.78, 5) is 21.3. The Labute approximate surface area is 190 Å². The van der Waals surface area contributed by atoms with Crippen LogP contribution >= 0.6 is 0 Å². The van der Waals surface area contributed by atoms with Crippen molar-refractivity contribution >= 4 is 33.5 Å². The number of carboxylic acid groups (broad SMARTS) is 2. The number of rotatable bonds is 12. The van der Waals surface area contributed by atoms with Crippen molar-refractivity contribution in [3.8, 4) is 11.1 Å². The fourth-order valence-electron chi connectivity index (χ4n) is 4.43. The molecule has 3 aromatic carbocycles. The van der Waals surface area contributed by atoms with Gasteiger partial charge in [-0.15, -0.1) is 0 Å². The first kappa shape index (κ1) is 23.8. The Hall–Kier alpha value is -2.88. The van der Waals surface area contributed by atoms with Crippen molar-refractivity contribution in [3.05, 3.63) is 48.5 Å². The van der Waals surface area contributed by atoms with Gasteiger partial charge in [0.05, 0.1) is 0 Å². The van der Waals surface area contributed by atoms with E-state index >= 15 is 0 Å². The maximum Gasteiger partial charge on any atom is 0.317 e. The van der Waals surface area contributed by atoms with Crippen LogP contribution in [0.25, 0.3) is 32.7 Å². The lowest BCUT2D eigenvalue weighted by molar-refractivity contribution is -0.154. The van der Waals surface area contributed by atoms with Gasteiger partial charge in [-0.2, -0.15) is 0 Å². The highest BCUT2D eigenvalue weighted by molar-refractivity contribution is 6.29. The van der Waals surface area contributed by atoms with Crippen LogP contribution in [0.5, 0.6) is 0 Å². The third-order valence-electron chi connectivity index (χ3n) is 6.29. The van der Waals surface area contributed by atoms with Gasteiger partial charge in [0.1, 0.15) is 0 Å². The zero-order valence-electron chi connectivity index (χ0n) is 19.0. The van der Waals surface area contributed by atoms with Gasteiger partial charge in [-0.1, -0.05) is 107 Å². The lowest BCUT2D eigenvalue weighted by atomic mass is 10.00. The molecule has 4 rings (SSSR count). The SMILES string of the molecule is CCCCCCCCCCCC(C(=O)O)C(=O)O.c1ccc2c3c4c-3cccc4cc2c1. The second-order valence-corrected chi connectivity index (χ2v) is 8.72. The molecule has 1 aliphatic rings. The Morgan fingerprint density at radius 2 is 1.34 bits per heavy atom. The van der Waals surface area contributed by atoms with Gasteiger partial charge in [0, 0.05) is 0 Å². The minimum atomic E-state index is -1.23. The van der Waals surface area contributed by atoms with Crippen molar-refractivity contribution in [1.82, 2.24) is 0 Å². The molecule has 3 aromatic rings. The quantitative estimate of drug-likeness (QED) is 0.136. The predicted octanol–water partition coefficient (Wildman–Crippen LogP) is 7.67. The smallest absolute Gasteiger partial charge is 0.317 e. The maximum absolute atomic E-state index is 10.6. The molecule has 4 nitrogen and oxygen atoms in total. The van der Waals surface area contributed by atoms with E-state index in [2.05, 4.69) is 55.5 Å². The Bertz CT molecular complexity index is 1060. The maximum atomic E-state index is 10.6. The van der Waals surface area contributed by atoms with Crippen LogP contribution in [0.3, 0.4) is 0 Å². The van der Waals surface area contributed by atoms with Gasteiger partial charge in [-0.3, -0.25) is 9.59 Å². The standard InChI is InChI=1S/C14H26O4.C14H8/c1-2-3-4-5-6-7-8-9-10-11-12(13(15)16)14(17)18;1-2-6-11-9(4-1)8-10-5-3-7-12-13(10)14(11)12/h12H,2-11H2,1H3,(H,15,16)(H,17,18);1-8H. The van der Waals surface area contributed by atoms with E-state index < -0.39 is 17.9 Å². The van der Waals surface area contributed by atoms with Crippen LogP contribution in [0, 0.1) is 5.92 Å². The summed E-state index contributed by atoms with van der Waals surface area (Å²) >= 11 is 0. The van der Waals surface area contributed by atoms with Crippen molar-refractivity contribution in [2.24, 2.45) is 5.92 Å². The molecule has 0 unspecified atom stereocenters. The van der Waals surface area contributed by atoms with Crippen molar-refractivity contribution in [3.63, 3.8) is 0 Å². The molecule has 32 heavy (non-hydrogen) atoms. The minimum Gasteiger partial charge on any atom is -0.481 e. The van der Waals surface area contributed by atoms with Crippen molar-refractivity contribution in [2.75, 3.05) is 0 Å². The van der Waals surface area contributed by atoms with Gasteiger partial charge < -0.3 is 10.2 Å². The fraction of sp³-hybridized carbons (Fsp3) is 0.429.